The third-order valence-electron chi connectivity index (χ3n) is 7.64. The van der Waals surface area contributed by atoms with Gasteiger partial charge in [0.05, 0.1) is 37.4 Å². The van der Waals surface area contributed by atoms with Crippen LogP contribution in [0.5, 0.6) is 0 Å². The third kappa shape index (κ3) is 7.22. The van der Waals surface area contributed by atoms with Gasteiger partial charge in [0.2, 0.25) is 0 Å². The van der Waals surface area contributed by atoms with Crippen molar-refractivity contribution in [2.75, 3.05) is 59.7 Å². The molecule has 2 aliphatic rings. The van der Waals surface area contributed by atoms with Gasteiger partial charge in [-0.15, -0.1) is 0 Å². The quantitative estimate of drug-likeness (QED) is 0.337. The molecule has 1 aromatic heterocycles. The number of oxazole rings is 1. The van der Waals surface area contributed by atoms with Crippen LogP contribution >= 0.6 is 0 Å². The zero-order valence-electron chi connectivity index (χ0n) is 23.3. The van der Waals surface area contributed by atoms with Crippen molar-refractivity contribution >= 4 is 17.0 Å². The highest BCUT2D eigenvalue weighted by atomic mass is 16.5. The summed E-state index contributed by atoms with van der Waals surface area (Å²) in [5.41, 5.74) is 4.14. The van der Waals surface area contributed by atoms with Crippen LogP contribution in [0.2, 0.25) is 0 Å². The molecule has 2 aliphatic heterocycles. The number of nitriles is 1. The largest absolute Gasteiger partial charge is 0.419 e. The lowest BCUT2D eigenvalue weighted by Crippen LogP contribution is -2.51. The molecule has 3 aromatic rings. The van der Waals surface area contributed by atoms with Crippen molar-refractivity contribution in [2.45, 2.75) is 37.6 Å². The Morgan fingerprint density at radius 2 is 2.02 bits per heavy atom. The van der Waals surface area contributed by atoms with Crippen molar-refractivity contribution < 1.29 is 23.4 Å². The van der Waals surface area contributed by atoms with Gasteiger partial charge in [0.15, 0.2) is 5.58 Å². The second-order valence-electron chi connectivity index (χ2n) is 10.4. The highest BCUT2D eigenvalue weighted by molar-refractivity contribution is 5.82. The number of rotatable bonds is 12. The average Bonchev–Trinajstić information content (AvgIpc) is 3.10. The van der Waals surface area contributed by atoms with E-state index in [1.165, 1.54) is 0 Å². The molecule has 41 heavy (non-hydrogen) atoms. The molecule has 0 aliphatic carbocycles. The Hall–Kier alpha value is -3.53. The van der Waals surface area contributed by atoms with Crippen LogP contribution in [0.4, 0.5) is 0 Å². The monoisotopic (exact) mass is 563 g/mol. The van der Waals surface area contributed by atoms with Crippen LogP contribution in [0.3, 0.4) is 0 Å². The lowest BCUT2D eigenvalue weighted by Gasteiger charge is -2.37. The predicted molar refractivity (Wildman–Crippen MR) is 152 cm³/mol. The fourth-order valence-electron chi connectivity index (χ4n) is 5.15. The minimum Gasteiger partial charge on any atom is -0.408 e. The fourth-order valence-corrected chi connectivity index (χ4v) is 5.15. The summed E-state index contributed by atoms with van der Waals surface area (Å²) in [5, 5.41) is 15.6. The second-order valence-corrected chi connectivity index (χ2v) is 10.4. The van der Waals surface area contributed by atoms with Crippen molar-refractivity contribution in [1.82, 2.24) is 20.1 Å². The van der Waals surface area contributed by atoms with Gasteiger partial charge in [-0.1, -0.05) is 30.3 Å². The maximum Gasteiger partial charge on any atom is 0.419 e. The summed E-state index contributed by atoms with van der Waals surface area (Å²) in [4.78, 5) is 27.6. The summed E-state index contributed by atoms with van der Waals surface area (Å²) in [6, 6.07) is 15.5. The Morgan fingerprint density at radius 1 is 1.22 bits per heavy atom. The summed E-state index contributed by atoms with van der Waals surface area (Å²) in [6.45, 7) is 5.73. The van der Waals surface area contributed by atoms with Crippen LogP contribution in [0, 0.1) is 11.3 Å². The number of ether oxygens (including phenoxy) is 3. The van der Waals surface area contributed by atoms with Gasteiger partial charge in [0.25, 0.3) is 5.91 Å². The molecule has 2 fully saturated rings. The maximum atomic E-state index is 12.7. The molecule has 0 bridgehead atoms. The van der Waals surface area contributed by atoms with Crippen LogP contribution in [0.25, 0.3) is 22.2 Å². The normalized spacial score (nSPS) is 18.5. The topological polar surface area (TPSA) is 131 Å². The minimum atomic E-state index is -0.660. The Labute approximate surface area is 239 Å². The van der Waals surface area contributed by atoms with Gasteiger partial charge in [-0.05, 0) is 41.8 Å². The van der Waals surface area contributed by atoms with Crippen molar-refractivity contribution in [3.63, 3.8) is 0 Å². The lowest BCUT2D eigenvalue weighted by molar-refractivity contribution is -0.132. The highest BCUT2D eigenvalue weighted by Gasteiger charge is 2.26. The molecule has 3 heterocycles. The van der Waals surface area contributed by atoms with E-state index in [0.29, 0.717) is 64.1 Å². The SMILES string of the molecule is COCCN(CCn1c(=O)oc2ccc(-c3ccc(C[C@@H](C#N)NC(=O)[C@@H]4CNCCCO4)cc3)cc21)C1COC1. The number of nitrogens with one attached hydrogen (secondary N) is 2. The Kier molecular flexibility index (Phi) is 9.82. The number of hydrogen-bond donors (Lipinski definition) is 2. The van der Waals surface area contributed by atoms with E-state index in [0.717, 1.165) is 41.7 Å². The molecule has 5 rings (SSSR count). The van der Waals surface area contributed by atoms with Gasteiger partial charge >= 0.3 is 5.76 Å². The van der Waals surface area contributed by atoms with E-state index in [1.807, 2.05) is 42.5 Å². The molecular weight excluding hydrogens is 526 g/mol. The molecule has 0 saturated carbocycles. The molecular formula is C30H37N5O6. The maximum absolute atomic E-state index is 12.7. The highest BCUT2D eigenvalue weighted by Crippen LogP contribution is 2.25. The summed E-state index contributed by atoms with van der Waals surface area (Å²) in [6.07, 6.45) is 0.647. The second kappa shape index (κ2) is 13.9. The van der Waals surface area contributed by atoms with Gasteiger partial charge in [-0.25, -0.2) is 4.79 Å². The van der Waals surface area contributed by atoms with Crippen molar-refractivity contribution in [3.05, 3.63) is 58.6 Å². The Balaban J connectivity index is 1.25. The molecule has 2 atom stereocenters. The van der Waals surface area contributed by atoms with Crippen molar-refractivity contribution in [1.29, 1.82) is 5.26 Å². The molecule has 11 nitrogen and oxygen atoms in total. The molecule has 1 amide bonds. The number of fused-ring (bicyclic) bond motifs is 1. The van der Waals surface area contributed by atoms with Gasteiger partial charge in [-0.2, -0.15) is 5.26 Å². The molecule has 0 radical (unpaired) electrons. The van der Waals surface area contributed by atoms with Gasteiger partial charge in [0, 0.05) is 46.3 Å². The van der Waals surface area contributed by atoms with Crippen LogP contribution in [0.15, 0.2) is 51.7 Å². The molecule has 2 aromatic carbocycles. The molecule has 11 heteroatoms. The number of nitrogens with zero attached hydrogens (tertiary/aromatic N) is 3. The van der Waals surface area contributed by atoms with Gasteiger partial charge < -0.3 is 29.3 Å². The predicted octanol–water partition coefficient (Wildman–Crippen LogP) is 1.54. The summed E-state index contributed by atoms with van der Waals surface area (Å²) >= 11 is 0. The first-order chi connectivity index (χ1) is 20.1. The summed E-state index contributed by atoms with van der Waals surface area (Å²) in [5.74, 6) is -0.649. The minimum absolute atomic E-state index is 0.273. The molecule has 2 saturated heterocycles. The van der Waals surface area contributed by atoms with E-state index in [1.54, 1.807) is 11.7 Å². The van der Waals surface area contributed by atoms with Crippen LogP contribution in [-0.4, -0.2) is 93.3 Å². The first-order valence-electron chi connectivity index (χ1n) is 14.1. The number of aromatic nitrogens is 1. The number of benzene rings is 2. The third-order valence-corrected chi connectivity index (χ3v) is 7.64. The van der Waals surface area contributed by atoms with Crippen molar-refractivity contribution in [2.24, 2.45) is 0 Å². The number of hydrogen-bond acceptors (Lipinski definition) is 9. The smallest absolute Gasteiger partial charge is 0.408 e. The van der Waals surface area contributed by atoms with E-state index >= 15 is 0 Å². The first kappa shape index (κ1) is 29.0. The Bertz CT molecular complexity index is 1400. The zero-order valence-corrected chi connectivity index (χ0v) is 23.3. The van der Waals surface area contributed by atoms with E-state index in [2.05, 4.69) is 21.6 Å². The van der Waals surface area contributed by atoms with Gasteiger partial charge in [-0.3, -0.25) is 14.3 Å². The summed E-state index contributed by atoms with van der Waals surface area (Å²) < 4.78 is 23.4. The van der Waals surface area contributed by atoms with Crippen LogP contribution < -0.4 is 16.4 Å². The van der Waals surface area contributed by atoms with E-state index in [9.17, 15) is 14.9 Å². The number of amides is 1. The molecule has 0 spiro atoms. The van der Waals surface area contributed by atoms with E-state index < -0.39 is 12.1 Å². The fraction of sp³-hybridized carbons (Fsp3) is 0.500. The van der Waals surface area contributed by atoms with E-state index in [-0.39, 0.29) is 11.7 Å². The van der Waals surface area contributed by atoms with Crippen molar-refractivity contribution in [3.8, 4) is 17.2 Å². The lowest BCUT2D eigenvalue weighted by atomic mass is 10.0. The first-order valence-corrected chi connectivity index (χ1v) is 14.1. The molecule has 0 unspecified atom stereocenters. The zero-order chi connectivity index (χ0) is 28.6. The van der Waals surface area contributed by atoms with Crippen LogP contribution in [-0.2, 0) is 32.0 Å². The molecule has 2 N–H and O–H groups in total. The Morgan fingerprint density at radius 3 is 2.76 bits per heavy atom. The number of carbonyl (C=O) groups is 1. The molecule has 218 valence electrons. The summed E-state index contributed by atoms with van der Waals surface area (Å²) in [7, 11) is 1.68. The average molecular weight is 564 g/mol. The van der Waals surface area contributed by atoms with Crippen LogP contribution in [0.1, 0.15) is 12.0 Å². The van der Waals surface area contributed by atoms with E-state index in [4.69, 9.17) is 18.6 Å². The standard InChI is InChI=1S/C30H37N5O6/c1-38-14-12-34(25-19-39-20-25)10-11-35-26-16-23(7-8-27(26)41-30(35)37)22-5-3-21(4-6-22)15-24(17-31)33-29(36)28-18-32-9-2-13-40-28/h3-8,16,24-25,28,32H,2,9-15,18-20H2,1H3,(H,33,36)/t24-,28-/m0/s1. The number of methoxy groups -OCH3 is 1. The van der Waals surface area contributed by atoms with Gasteiger partial charge in [0.1, 0.15) is 12.1 Å². The number of carbonyl (C=O) groups excluding carboxylic acids is 1.